The topological polar surface area (TPSA) is 38.7 Å². The largest absolute Gasteiger partial charge is 0.508 e. The molecule has 3 nitrogen and oxygen atoms in total. The molecule has 1 N–H and O–H groups in total. The van der Waals surface area contributed by atoms with Crippen LogP contribution >= 0.6 is 8.38 Å². The molecule has 0 aliphatic rings. The number of phenolic OH excluding ortho intramolecular Hbond substituents is 1. The van der Waals surface area contributed by atoms with Gasteiger partial charge in [0.1, 0.15) is 5.75 Å². The SMILES string of the molecule is CCOP(OCC)C(c1ccc(C)cc1)c1ccccc1O. The van der Waals surface area contributed by atoms with E-state index in [0.29, 0.717) is 13.2 Å². The zero-order valence-electron chi connectivity index (χ0n) is 13.3. The van der Waals surface area contributed by atoms with Crippen molar-refractivity contribution in [3.63, 3.8) is 0 Å². The summed E-state index contributed by atoms with van der Waals surface area (Å²) in [6.07, 6.45) is 0. The van der Waals surface area contributed by atoms with E-state index >= 15 is 0 Å². The molecule has 22 heavy (non-hydrogen) atoms. The normalized spacial score (nSPS) is 12.5. The number of rotatable bonds is 7. The van der Waals surface area contributed by atoms with E-state index in [4.69, 9.17) is 9.05 Å². The van der Waals surface area contributed by atoms with Crippen LogP contribution in [0, 0.1) is 6.92 Å². The number of hydrogen-bond acceptors (Lipinski definition) is 3. The van der Waals surface area contributed by atoms with Crippen molar-refractivity contribution in [3.8, 4) is 5.75 Å². The molecule has 1 unspecified atom stereocenters. The van der Waals surface area contributed by atoms with Crippen molar-refractivity contribution in [1.29, 1.82) is 0 Å². The molecule has 2 rings (SSSR count). The van der Waals surface area contributed by atoms with Crippen molar-refractivity contribution in [3.05, 3.63) is 65.2 Å². The van der Waals surface area contributed by atoms with E-state index in [1.54, 1.807) is 6.07 Å². The van der Waals surface area contributed by atoms with Crippen LogP contribution in [0.1, 0.15) is 36.2 Å². The summed E-state index contributed by atoms with van der Waals surface area (Å²) in [5.41, 5.74) is 3.05. The van der Waals surface area contributed by atoms with Crippen molar-refractivity contribution in [1.82, 2.24) is 0 Å². The lowest BCUT2D eigenvalue weighted by Gasteiger charge is -2.27. The number of benzene rings is 2. The summed E-state index contributed by atoms with van der Waals surface area (Å²) in [5.74, 6) is 0.278. The van der Waals surface area contributed by atoms with E-state index in [1.165, 1.54) is 5.56 Å². The molecule has 2 aromatic rings. The van der Waals surface area contributed by atoms with E-state index in [0.717, 1.165) is 11.1 Å². The fraction of sp³-hybridized carbons (Fsp3) is 0.333. The molecule has 0 amide bonds. The summed E-state index contributed by atoms with van der Waals surface area (Å²) in [4.78, 5) is 0. The first kappa shape index (κ1) is 17.0. The second-order valence-corrected chi connectivity index (χ2v) is 6.60. The maximum atomic E-state index is 10.3. The third-order valence-corrected chi connectivity index (χ3v) is 5.37. The summed E-state index contributed by atoms with van der Waals surface area (Å²) in [6.45, 7) is 7.16. The highest BCUT2D eigenvalue weighted by molar-refractivity contribution is 7.48. The third kappa shape index (κ3) is 4.07. The molecular weight excluding hydrogens is 295 g/mol. The Labute approximate surface area is 133 Å². The minimum absolute atomic E-state index is 0.100. The van der Waals surface area contributed by atoms with Crippen molar-refractivity contribution < 1.29 is 14.2 Å². The van der Waals surface area contributed by atoms with Gasteiger partial charge < -0.3 is 14.2 Å². The molecule has 0 heterocycles. The van der Waals surface area contributed by atoms with Gasteiger partial charge in [-0.25, -0.2) is 0 Å². The molecule has 2 aromatic carbocycles. The van der Waals surface area contributed by atoms with Crippen LogP contribution in [0.25, 0.3) is 0 Å². The van der Waals surface area contributed by atoms with Crippen molar-refractivity contribution >= 4 is 8.38 Å². The first-order valence-electron chi connectivity index (χ1n) is 7.56. The monoisotopic (exact) mass is 318 g/mol. The average molecular weight is 318 g/mol. The Bertz CT molecular complexity index is 577. The van der Waals surface area contributed by atoms with Gasteiger partial charge in [0.25, 0.3) is 0 Å². The molecule has 0 aliphatic carbocycles. The molecule has 0 radical (unpaired) electrons. The van der Waals surface area contributed by atoms with E-state index < -0.39 is 8.38 Å². The molecule has 0 aliphatic heterocycles. The zero-order valence-corrected chi connectivity index (χ0v) is 14.2. The molecule has 0 fully saturated rings. The summed E-state index contributed by atoms with van der Waals surface area (Å²) in [5, 5.41) is 10.3. The number of hydrogen-bond donors (Lipinski definition) is 1. The van der Waals surface area contributed by atoms with E-state index in [2.05, 4.69) is 31.2 Å². The predicted octanol–water partition coefficient (Wildman–Crippen LogP) is 5.17. The van der Waals surface area contributed by atoms with Crippen molar-refractivity contribution in [2.45, 2.75) is 26.4 Å². The van der Waals surface area contributed by atoms with Crippen molar-refractivity contribution in [2.24, 2.45) is 0 Å². The van der Waals surface area contributed by atoms with Gasteiger partial charge in [-0.05, 0) is 32.4 Å². The molecule has 0 bridgehead atoms. The highest BCUT2D eigenvalue weighted by Crippen LogP contribution is 2.57. The Morgan fingerprint density at radius 2 is 1.55 bits per heavy atom. The molecule has 118 valence electrons. The molecule has 1 atom stereocenters. The molecule has 0 spiro atoms. The Hall–Kier alpha value is -1.41. The van der Waals surface area contributed by atoms with Crippen LogP contribution < -0.4 is 0 Å². The summed E-state index contributed by atoms with van der Waals surface area (Å²) in [6, 6.07) is 15.7. The number of phenols is 1. The van der Waals surface area contributed by atoms with Gasteiger partial charge in [0.05, 0.1) is 18.9 Å². The van der Waals surface area contributed by atoms with E-state index in [1.807, 2.05) is 32.0 Å². The van der Waals surface area contributed by atoms with Crippen LogP contribution in [0.2, 0.25) is 0 Å². The van der Waals surface area contributed by atoms with E-state index in [-0.39, 0.29) is 11.4 Å². The van der Waals surface area contributed by atoms with Gasteiger partial charge in [0, 0.05) is 5.56 Å². The lowest BCUT2D eigenvalue weighted by atomic mass is 10.0. The predicted molar refractivity (Wildman–Crippen MR) is 91.3 cm³/mol. The van der Waals surface area contributed by atoms with Gasteiger partial charge in [0.15, 0.2) is 8.38 Å². The number of aromatic hydroxyl groups is 1. The van der Waals surface area contributed by atoms with Gasteiger partial charge >= 0.3 is 0 Å². The van der Waals surface area contributed by atoms with Gasteiger partial charge in [0.2, 0.25) is 0 Å². The van der Waals surface area contributed by atoms with Crippen LogP contribution in [-0.4, -0.2) is 18.3 Å². The zero-order chi connectivity index (χ0) is 15.9. The quantitative estimate of drug-likeness (QED) is 0.715. The van der Waals surface area contributed by atoms with Gasteiger partial charge in [-0.2, -0.15) is 0 Å². The van der Waals surface area contributed by atoms with E-state index in [9.17, 15) is 5.11 Å². The highest BCUT2D eigenvalue weighted by Gasteiger charge is 2.29. The van der Waals surface area contributed by atoms with Gasteiger partial charge in [-0.3, -0.25) is 0 Å². The Balaban J connectivity index is 2.48. The minimum atomic E-state index is -1.16. The van der Waals surface area contributed by atoms with Crippen LogP contribution in [0.4, 0.5) is 0 Å². The summed E-state index contributed by atoms with van der Waals surface area (Å²) in [7, 11) is -1.16. The highest BCUT2D eigenvalue weighted by atomic mass is 31.2. The fourth-order valence-corrected chi connectivity index (χ4v) is 4.07. The average Bonchev–Trinajstić information content (AvgIpc) is 2.52. The third-order valence-electron chi connectivity index (χ3n) is 3.35. The lowest BCUT2D eigenvalue weighted by molar-refractivity contribution is 0.264. The smallest absolute Gasteiger partial charge is 0.183 e. The second kappa shape index (κ2) is 8.28. The molecule has 0 saturated heterocycles. The maximum Gasteiger partial charge on any atom is 0.183 e. The second-order valence-electron chi connectivity index (χ2n) is 4.99. The molecule has 4 heteroatoms. The standard InChI is InChI=1S/C18H23O3P/c1-4-20-22(21-5-2)18(15-12-10-14(3)11-13-15)16-8-6-7-9-17(16)19/h6-13,18-19H,4-5H2,1-3H3. The first-order valence-corrected chi connectivity index (χ1v) is 8.81. The molecule has 0 aromatic heterocycles. The van der Waals surface area contributed by atoms with Gasteiger partial charge in [-0.15, -0.1) is 0 Å². The Morgan fingerprint density at radius 3 is 2.09 bits per heavy atom. The van der Waals surface area contributed by atoms with Crippen LogP contribution in [-0.2, 0) is 9.05 Å². The summed E-state index contributed by atoms with van der Waals surface area (Å²) < 4.78 is 11.7. The van der Waals surface area contributed by atoms with Crippen LogP contribution in [0.5, 0.6) is 5.75 Å². The Kier molecular flexibility index (Phi) is 6.38. The number of para-hydroxylation sites is 1. The molecular formula is C18H23O3P. The van der Waals surface area contributed by atoms with Crippen molar-refractivity contribution in [2.75, 3.05) is 13.2 Å². The summed E-state index contributed by atoms with van der Waals surface area (Å²) >= 11 is 0. The molecule has 0 saturated carbocycles. The van der Waals surface area contributed by atoms with Crippen LogP contribution in [0.15, 0.2) is 48.5 Å². The first-order chi connectivity index (χ1) is 10.7. The maximum absolute atomic E-state index is 10.3. The fourth-order valence-electron chi connectivity index (χ4n) is 2.32. The minimum Gasteiger partial charge on any atom is -0.508 e. The van der Waals surface area contributed by atoms with Crippen LogP contribution in [0.3, 0.4) is 0 Å². The Morgan fingerprint density at radius 1 is 0.955 bits per heavy atom. The van der Waals surface area contributed by atoms with Gasteiger partial charge in [-0.1, -0.05) is 48.0 Å². The lowest BCUT2D eigenvalue weighted by Crippen LogP contribution is -2.05. The number of aryl methyl sites for hydroxylation is 1.